The minimum Gasteiger partial charge on any atom is -0.256 e. The van der Waals surface area contributed by atoms with E-state index in [0.29, 0.717) is 0 Å². The zero-order chi connectivity index (χ0) is 37.3. The predicted octanol–water partition coefficient (Wildman–Crippen LogP) is 12.4. The van der Waals surface area contributed by atoms with Crippen molar-refractivity contribution in [3.05, 3.63) is 124 Å². The molecule has 0 amide bonds. The van der Waals surface area contributed by atoms with Gasteiger partial charge in [-0.15, -0.1) is 0 Å². The van der Waals surface area contributed by atoms with E-state index >= 15 is 0 Å². The second-order valence-electron chi connectivity index (χ2n) is 17.0. The first-order valence-electron chi connectivity index (χ1n) is 20.0. The van der Waals surface area contributed by atoms with Crippen LogP contribution in [-0.4, -0.2) is 9.97 Å². The van der Waals surface area contributed by atoms with Crippen LogP contribution in [0.2, 0.25) is 0 Å². The molecular formula is C49H62N3+. The molecular weight excluding hydrogens is 631 g/mol. The lowest BCUT2D eigenvalue weighted by Crippen LogP contribution is -2.37. The molecule has 0 saturated heterocycles. The lowest BCUT2D eigenvalue weighted by molar-refractivity contribution is -0.634. The van der Waals surface area contributed by atoms with Gasteiger partial charge in [0.1, 0.15) is 18.3 Å². The molecule has 2 heterocycles. The van der Waals surface area contributed by atoms with Gasteiger partial charge >= 0.3 is 0 Å². The van der Waals surface area contributed by atoms with Crippen molar-refractivity contribution in [1.82, 2.24) is 9.97 Å². The van der Waals surface area contributed by atoms with Crippen molar-refractivity contribution >= 4 is 11.0 Å². The van der Waals surface area contributed by atoms with Crippen molar-refractivity contribution in [2.45, 2.75) is 136 Å². The van der Waals surface area contributed by atoms with Crippen LogP contribution in [-0.2, 0) is 36.1 Å². The molecule has 0 N–H and O–H groups in total. The Morgan fingerprint density at radius 1 is 0.846 bits per heavy atom. The first-order valence-corrected chi connectivity index (χ1v) is 20.0. The number of unbranched alkanes of at least 4 members (excludes halogenated alkanes) is 2. The standard InChI is InChI=1S/C49H62N3/c1-11-14-20-35-25-26-39(43-24-18-19-29-50-43)40(30-35)49(9,13-3)37(22-15-12-2)31-36-21-16-17-23-38(36)46-34(4)51-44-32-41-42(33-45(44)52(46)10)48(7,8)28-27-47(41,5)6/h16-19,21-26,29-30,32-33H,11-15,20,27-28,31H2,1-10H3/q+1. The van der Waals surface area contributed by atoms with Crippen LogP contribution < -0.4 is 4.57 Å². The summed E-state index contributed by atoms with van der Waals surface area (Å²) in [5, 5.41) is 0. The third kappa shape index (κ3) is 7.13. The van der Waals surface area contributed by atoms with E-state index in [1.54, 1.807) is 0 Å². The van der Waals surface area contributed by atoms with Gasteiger partial charge in [-0.25, -0.2) is 4.98 Å². The fourth-order valence-electron chi connectivity index (χ4n) is 8.76. The van der Waals surface area contributed by atoms with E-state index in [2.05, 4.69) is 147 Å². The molecule has 6 rings (SSSR count). The topological polar surface area (TPSA) is 29.7 Å². The van der Waals surface area contributed by atoms with Gasteiger partial charge in [-0.3, -0.25) is 4.98 Å². The highest BCUT2D eigenvalue weighted by atomic mass is 15.0. The molecule has 0 bridgehead atoms. The molecule has 3 nitrogen and oxygen atoms in total. The molecule has 0 radical (unpaired) electrons. The van der Waals surface area contributed by atoms with E-state index in [1.807, 2.05) is 12.3 Å². The van der Waals surface area contributed by atoms with Crippen molar-refractivity contribution in [2.75, 3.05) is 0 Å². The highest BCUT2D eigenvalue weighted by Crippen LogP contribution is 2.47. The first-order chi connectivity index (χ1) is 24.8. The molecule has 0 fully saturated rings. The largest absolute Gasteiger partial charge is 0.256 e. The number of nitrogens with zero attached hydrogens (tertiary/aromatic N) is 3. The summed E-state index contributed by atoms with van der Waals surface area (Å²) in [5.41, 5.74) is 16.9. The van der Waals surface area contributed by atoms with Crippen LogP contribution in [0.25, 0.3) is 33.5 Å². The summed E-state index contributed by atoms with van der Waals surface area (Å²) in [7, 11) is 2.25. The molecule has 0 saturated carbocycles. The smallest absolute Gasteiger partial charge is 0.234 e. The monoisotopic (exact) mass is 692 g/mol. The molecule has 0 spiro atoms. The lowest BCUT2D eigenvalue weighted by Gasteiger charge is -2.41. The van der Waals surface area contributed by atoms with Crippen LogP contribution in [0.3, 0.4) is 0 Å². The average molecular weight is 693 g/mol. The molecule has 3 heteroatoms. The van der Waals surface area contributed by atoms with E-state index in [0.717, 1.165) is 49.0 Å². The first kappa shape index (κ1) is 37.6. The summed E-state index contributed by atoms with van der Waals surface area (Å²) in [4.78, 5) is 10.2. The average Bonchev–Trinajstić information content (AvgIpc) is 3.14. The van der Waals surface area contributed by atoms with E-state index in [-0.39, 0.29) is 16.2 Å². The summed E-state index contributed by atoms with van der Waals surface area (Å²) >= 11 is 0. The van der Waals surface area contributed by atoms with Crippen molar-refractivity contribution in [3.63, 3.8) is 0 Å². The Kier molecular flexibility index (Phi) is 10.9. The molecule has 1 atom stereocenters. The maximum atomic E-state index is 5.35. The van der Waals surface area contributed by atoms with Gasteiger partial charge < -0.3 is 0 Å². The molecule has 272 valence electrons. The molecule has 52 heavy (non-hydrogen) atoms. The van der Waals surface area contributed by atoms with Crippen LogP contribution in [0.15, 0.2) is 90.6 Å². The van der Waals surface area contributed by atoms with E-state index in [9.17, 15) is 0 Å². The Morgan fingerprint density at radius 3 is 2.23 bits per heavy atom. The van der Waals surface area contributed by atoms with Crippen LogP contribution in [0, 0.1) is 6.92 Å². The van der Waals surface area contributed by atoms with Gasteiger partial charge in [0.05, 0.1) is 11.3 Å². The second-order valence-corrected chi connectivity index (χ2v) is 17.0. The number of benzene rings is 3. The zero-order valence-corrected chi connectivity index (χ0v) is 33.8. The fraction of sp³-hybridized carbons (Fsp3) is 0.449. The second kappa shape index (κ2) is 15.1. The third-order valence-electron chi connectivity index (χ3n) is 12.5. The molecule has 1 unspecified atom stereocenters. The predicted molar refractivity (Wildman–Crippen MR) is 221 cm³/mol. The maximum absolute atomic E-state index is 5.35. The van der Waals surface area contributed by atoms with Gasteiger partial charge in [-0.05, 0) is 115 Å². The number of pyridine rings is 1. The fourth-order valence-corrected chi connectivity index (χ4v) is 8.76. The van der Waals surface area contributed by atoms with Crippen LogP contribution in [0.1, 0.15) is 134 Å². The zero-order valence-electron chi connectivity index (χ0n) is 33.8. The molecule has 0 aliphatic heterocycles. The van der Waals surface area contributed by atoms with Gasteiger partial charge in [-0.1, -0.05) is 122 Å². The Labute approximate surface area is 314 Å². The number of hydrogen-bond donors (Lipinski definition) is 0. The quantitative estimate of drug-likeness (QED) is 0.0962. The van der Waals surface area contributed by atoms with Crippen LogP contribution in [0.4, 0.5) is 0 Å². The minimum absolute atomic E-state index is 0.139. The van der Waals surface area contributed by atoms with Crippen LogP contribution in [0.5, 0.6) is 0 Å². The molecule has 1 aliphatic rings. The van der Waals surface area contributed by atoms with Crippen LogP contribution >= 0.6 is 0 Å². The van der Waals surface area contributed by atoms with Gasteiger partial charge in [0.25, 0.3) is 0 Å². The SMILES string of the molecule is CCCC=C(Cc1ccccc1-c1c(C)nc2cc3c(cc2[n+]1C)C(C)(C)CCC3(C)C)C(C)(CC)c1cc(CCCC)ccc1-c1ccccn1. The number of aryl methyl sites for hydroxylation is 3. The highest BCUT2D eigenvalue weighted by molar-refractivity contribution is 5.78. The van der Waals surface area contributed by atoms with Gasteiger partial charge in [0.15, 0.2) is 0 Å². The van der Waals surface area contributed by atoms with E-state index in [1.165, 1.54) is 81.4 Å². The Balaban J connectivity index is 1.50. The summed E-state index contributed by atoms with van der Waals surface area (Å²) in [6.45, 7) is 21.3. The summed E-state index contributed by atoms with van der Waals surface area (Å²) in [5.74, 6) is 0. The van der Waals surface area contributed by atoms with E-state index < -0.39 is 0 Å². The minimum atomic E-state index is -0.173. The lowest BCUT2D eigenvalue weighted by atomic mass is 9.63. The number of fused-ring (bicyclic) bond motifs is 2. The van der Waals surface area contributed by atoms with Crippen molar-refractivity contribution in [3.8, 4) is 22.5 Å². The molecule has 5 aromatic rings. The van der Waals surface area contributed by atoms with E-state index in [4.69, 9.17) is 9.97 Å². The van der Waals surface area contributed by atoms with Gasteiger partial charge in [0, 0.05) is 23.2 Å². The molecule has 1 aliphatic carbocycles. The number of allylic oxidation sites excluding steroid dienone is 2. The van der Waals surface area contributed by atoms with Crippen molar-refractivity contribution in [2.24, 2.45) is 7.05 Å². The number of aromatic nitrogens is 3. The number of hydrogen-bond acceptors (Lipinski definition) is 2. The summed E-state index contributed by atoms with van der Waals surface area (Å²) < 4.78 is 2.43. The highest BCUT2D eigenvalue weighted by Gasteiger charge is 2.39. The Morgan fingerprint density at radius 2 is 1.56 bits per heavy atom. The Bertz CT molecular complexity index is 2080. The maximum Gasteiger partial charge on any atom is 0.234 e. The molecule has 3 aromatic carbocycles. The summed E-state index contributed by atoms with van der Waals surface area (Å²) in [6, 6.07) is 27.4. The normalized spacial score (nSPS) is 16.5. The number of rotatable bonds is 12. The van der Waals surface area contributed by atoms with Gasteiger partial charge in [-0.2, -0.15) is 4.57 Å². The van der Waals surface area contributed by atoms with Gasteiger partial charge in [0.2, 0.25) is 11.2 Å². The van der Waals surface area contributed by atoms with Crippen molar-refractivity contribution in [1.29, 1.82) is 0 Å². The Hall–Kier alpha value is -4.11. The summed E-state index contributed by atoms with van der Waals surface area (Å²) in [6.07, 6.45) is 14.4. The van der Waals surface area contributed by atoms with Crippen molar-refractivity contribution < 1.29 is 4.57 Å². The third-order valence-corrected chi connectivity index (χ3v) is 12.5. The molecule has 2 aromatic heterocycles.